The van der Waals surface area contributed by atoms with Gasteiger partial charge in [-0.05, 0) is 42.3 Å². The Morgan fingerprint density at radius 2 is 1.74 bits per heavy atom. The summed E-state index contributed by atoms with van der Waals surface area (Å²) in [4.78, 5) is 12.3. The van der Waals surface area contributed by atoms with Gasteiger partial charge in [-0.25, -0.2) is 8.42 Å². The molecule has 0 bridgehead atoms. The van der Waals surface area contributed by atoms with Gasteiger partial charge in [-0.1, -0.05) is 35.3 Å². The standard InChI is InChI=1S/C18H20Cl2N2O4S/c1-26-17-8-7-15(20)11-16(17)22(27(2,24)25)12-18(23)21-10-9-13-3-5-14(19)6-4-13/h3-8,11H,9-10,12H2,1-2H3,(H,21,23). The van der Waals surface area contributed by atoms with E-state index in [1.807, 2.05) is 12.1 Å². The highest BCUT2D eigenvalue weighted by molar-refractivity contribution is 7.92. The van der Waals surface area contributed by atoms with Crippen molar-refractivity contribution in [3.05, 3.63) is 58.1 Å². The molecule has 0 spiro atoms. The third-order valence-electron chi connectivity index (χ3n) is 3.75. The highest BCUT2D eigenvalue weighted by atomic mass is 35.5. The van der Waals surface area contributed by atoms with Gasteiger partial charge in [-0.3, -0.25) is 9.10 Å². The summed E-state index contributed by atoms with van der Waals surface area (Å²) in [7, 11) is -2.31. The monoisotopic (exact) mass is 430 g/mol. The van der Waals surface area contributed by atoms with Gasteiger partial charge >= 0.3 is 0 Å². The highest BCUT2D eigenvalue weighted by Crippen LogP contribution is 2.32. The molecular formula is C18H20Cl2N2O4S. The van der Waals surface area contributed by atoms with E-state index < -0.39 is 15.9 Å². The van der Waals surface area contributed by atoms with Crippen LogP contribution in [0.1, 0.15) is 5.56 Å². The minimum Gasteiger partial charge on any atom is -0.495 e. The van der Waals surface area contributed by atoms with Crippen LogP contribution in [0.3, 0.4) is 0 Å². The molecule has 1 amide bonds. The maximum atomic E-state index is 12.3. The lowest BCUT2D eigenvalue weighted by Gasteiger charge is -2.24. The number of rotatable bonds is 8. The van der Waals surface area contributed by atoms with E-state index in [2.05, 4.69) is 5.32 Å². The average Bonchev–Trinajstić information content (AvgIpc) is 2.60. The number of benzene rings is 2. The number of carbonyl (C=O) groups excluding carboxylic acids is 1. The summed E-state index contributed by atoms with van der Waals surface area (Å²) in [5.41, 5.74) is 1.22. The van der Waals surface area contributed by atoms with Crippen molar-refractivity contribution in [2.24, 2.45) is 0 Å². The van der Waals surface area contributed by atoms with Crippen molar-refractivity contribution in [2.45, 2.75) is 6.42 Å². The fourth-order valence-electron chi connectivity index (χ4n) is 2.42. The first-order valence-corrected chi connectivity index (χ1v) is 10.6. The number of nitrogens with one attached hydrogen (secondary N) is 1. The Labute approximate surface area is 169 Å². The number of sulfonamides is 1. The van der Waals surface area contributed by atoms with Crippen LogP contribution >= 0.6 is 23.2 Å². The molecule has 1 N–H and O–H groups in total. The Kier molecular flexibility index (Phi) is 7.35. The molecule has 0 heterocycles. The molecule has 0 saturated carbocycles. The lowest BCUT2D eigenvalue weighted by molar-refractivity contribution is -0.119. The SMILES string of the molecule is COc1ccc(Cl)cc1N(CC(=O)NCCc1ccc(Cl)cc1)S(C)(=O)=O. The van der Waals surface area contributed by atoms with Crippen molar-refractivity contribution in [1.29, 1.82) is 0 Å². The fourth-order valence-corrected chi connectivity index (χ4v) is 3.57. The van der Waals surface area contributed by atoms with Crippen molar-refractivity contribution < 1.29 is 17.9 Å². The minimum atomic E-state index is -3.73. The van der Waals surface area contributed by atoms with E-state index in [-0.39, 0.29) is 12.2 Å². The molecule has 2 aromatic carbocycles. The number of amides is 1. The third-order valence-corrected chi connectivity index (χ3v) is 5.36. The molecule has 0 unspecified atom stereocenters. The second kappa shape index (κ2) is 9.30. The van der Waals surface area contributed by atoms with Crippen LogP contribution in [-0.4, -0.2) is 40.8 Å². The largest absolute Gasteiger partial charge is 0.495 e. The van der Waals surface area contributed by atoms with Crippen molar-refractivity contribution in [1.82, 2.24) is 5.32 Å². The summed E-state index contributed by atoms with van der Waals surface area (Å²) >= 11 is 11.8. The molecule has 6 nitrogen and oxygen atoms in total. The zero-order valence-electron chi connectivity index (χ0n) is 14.9. The molecule has 0 radical (unpaired) electrons. The zero-order valence-corrected chi connectivity index (χ0v) is 17.2. The molecule has 0 aliphatic carbocycles. The number of nitrogens with zero attached hydrogens (tertiary/aromatic N) is 1. The Morgan fingerprint density at radius 3 is 2.33 bits per heavy atom. The van der Waals surface area contributed by atoms with E-state index in [9.17, 15) is 13.2 Å². The topological polar surface area (TPSA) is 75.7 Å². The second-order valence-electron chi connectivity index (χ2n) is 5.81. The normalized spacial score (nSPS) is 11.1. The molecule has 2 aromatic rings. The van der Waals surface area contributed by atoms with Crippen molar-refractivity contribution >= 4 is 44.8 Å². The first kappa shape index (κ1) is 21.3. The van der Waals surface area contributed by atoms with Crippen LogP contribution in [0.5, 0.6) is 5.75 Å². The average molecular weight is 431 g/mol. The van der Waals surface area contributed by atoms with Crippen molar-refractivity contribution in [3.8, 4) is 5.75 Å². The van der Waals surface area contributed by atoms with E-state index in [1.165, 1.54) is 13.2 Å². The number of carbonyl (C=O) groups is 1. The van der Waals surface area contributed by atoms with Gasteiger partial charge in [-0.15, -0.1) is 0 Å². The van der Waals surface area contributed by atoms with E-state index in [0.717, 1.165) is 16.1 Å². The summed E-state index contributed by atoms with van der Waals surface area (Å²) < 4.78 is 30.6. The molecule has 0 fully saturated rings. The van der Waals surface area contributed by atoms with Gasteiger partial charge in [0.15, 0.2) is 0 Å². The van der Waals surface area contributed by atoms with E-state index >= 15 is 0 Å². The molecule has 0 aromatic heterocycles. The van der Waals surface area contributed by atoms with Crippen LogP contribution in [-0.2, 0) is 21.2 Å². The maximum Gasteiger partial charge on any atom is 0.240 e. The molecule has 0 atom stereocenters. The zero-order chi connectivity index (χ0) is 20.0. The molecule has 9 heteroatoms. The van der Waals surface area contributed by atoms with Crippen molar-refractivity contribution in [3.63, 3.8) is 0 Å². The van der Waals surface area contributed by atoms with Crippen LogP contribution in [0.2, 0.25) is 10.0 Å². The number of ether oxygens (including phenoxy) is 1. The van der Waals surface area contributed by atoms with Crippen LogP contribution in [0.25, 0.3) is 0 Å². The summed E-state index contributed by atoms with van der Waals surface area (Å²) in [6.07, 6.45) is 1.62. The van der Waals surface area contributed by atoms with E-state index in [0.29, 0.717) is 28.8 Å². The predicted molar refractivity (Wildman–Crippen MR) is 108 cm³/mol. The lowest BCUT2D eigenvalue weighted by atomic mass is 10.1. The summed E-state index contributed by atoms with van der Waals surface area (Å²) in [6.45, 7) is -0.0130. The summed E-state index contributed by atoms with van der Waals surface area (Å²) in [5, 5.41) is 3.69. The van der Waals surface area contributed by atoms with Gasteiger partial charge in [0.1, 0.15) is 12.3 Å². The molecule has 0 saturated heterocycles. The number of hydrogen-bond acceptors (Lipinski definition) is 4. The van der Waals surface area contributed by atoms with Gasteiger partial charge in [0.2, 0.25) is 15.9 Å². The summed E-state index contributed by atoms with van der Waals surface area (Å²) in [6, 6.07) is 11.9. The Morgan fingerprint density at radius 1 is 1.11 bits per heavy atom. The Bertz CT molecular complexity index is 902. The number of methoxy groups -OCH3 is 1. The van der Waals surface area contributed by atoms with Crippen LogP contribution in [0.15, 0.2) is 42.5 Å². The molecular weight excluding hydrogens is 411 g/mol. The first-order chi connectivity index (χ1) is 12.7. The quantitative estimate of drug-likeness (QED) is 0.697. The predicted octanol–water partition coefficient (Wildman–Crippen LogP) is 3.13. The Balaban J connectivity index is 2.07. The minimum absolute atomic E-state index is 0.209. The molecule has 146 valence electrons. The van der Waals surface area contributed by atoms with E-state index in [4.69, 9.17) is 27.9 Å². The first-order valence-electron chi connectivity index (χ1n) is 8.03. The molecule has 27 heavy (non-hydrogen) atoms. The maximum absolute atomic E-state index is 12.3. The van der Waals surface area contributed by atoms with Crippen LogP contribution in [0, 0.1) is 0 Å². The smallest absolute Gasteiger partial charge is 0.240 e. The van der Waals surface area contributed by atoms with Gasteiger partial charge in [0.25, 0.3) is 0 Å². The number of hydrogen-bond donors (Lipinski definition) is 1. The summed E-state index contributed by atoms with van der Waals surface area (Å²) in [5.74, 6) is -0.129. The number of halogens is 2. The highest BCUT2D eigenvalue weighted by Gasteiger charge is 2.24. The van der Waals surface area contributed by atoms with Crippen molar-refractivity contribution in [2.75, 3.05) is 30.8 Å². The second-order valence-corrected chi connectivity index (χ2v) is 8.59. The van der Waals surface area contributed by atoms with Crippen LogP contribution in [0.4, 0.5) is 5.69 Å². The Hall–Kier alpha value is -1.96. The molecule has 0 aliphatic heterocycles. The number of anilines is 1. The third kappa shape index (κ3) is 6.30. The van der Waals surface area contributed by atoms with Gasteiger partial charge in [-0.2, -0.15) is 0 Å². The molecule has 2 rings (SSSR count). The lowest BCUT2D eigenvalue weighted by Crippen LogP contribution is -2.41. The fraction of sp³-hybridized carbons (Fsp3) is 0.278. The van der Waals surface area contributed by atoms with Gasteiger partial charge in [0, 0.05) is 16.6 Å². The van der Waals surface area contributed by atoms with Gasteiger partial charge in [0.05, 0.1) is 19.1 Å². The van der Waals surface area contributed by atoms with Gasteiger partial charge < -0.3 is 10.1 Å². The molecule has 0 aliphatic rings. The van der Waals surface area contributed by atoms with E-state index in [1.54, 1.807) is 24.3 Å². The van der Waals surface area contributed by atoms with Crippen LogP contribution < -0.4 is 14.4 Å².